The van der Waals surface area contributed by atoms with Gasteiger partial charge in [-0.25, -0.2) is 4.98 Å². The number of hydrogen-bond donors (Lipinski definition) is 1. The second-order valence-corrected chi connectivity index (χ2v) is 7.52. The van der Waals surface area contributed by atoms with Gasteiger partial charge in [-0.05, 0) is 62.7 Å². The molecule has 27 heavy (non-hydrogen) atoms. The first kappa shape index (κ1) is 22.2. The predicted molar refractivity (Wildman–Crippen MR) is 120 cm³/mol. The molecular weight excluding hydrogens is 379 g/mol. The van der Waals surface area contributed by atoms with Crippen LogP contribution in [0.3, 0.4) is 0 Å². The third kappa shape index (κ3) is 5.71. The fraction of sp³-hybridized carbons (Fsp3) is 0.571. The van der Waals surface area contributed by atoms with Gasteiger partial charge in [-0.3, -0.25) is 4.90 Å². The Labute approximate surface area is 175 Å². The number of piperazine rings is 1. The van der Waals surface area contributed by atoms with E-state index >= 15 is 0 Å². The van der Waals surface area contributed by atoms with Crippen molar-refractivity contribution in [2.75, 3.05) is 50.7 Å². The van der Waals surface area contributed by atoms with Crippen LogP contribution in [0.1, 0.15) is 25.7 Å². The van der Waals surface area contributed by atoms with Crippen LogP contribution >= 0.6 is 24.8 Å². The molecule has 150 valence electrons. The van der Waals surface area contributed by atoms with Crippen molar-refractivity contribution in [1.82, 2.24) is 15.2 Å². The van der Waals surface area contributed by atoms with E-state index in [1.54, 1.807) is 0 Å². The Morgan fingerprint density at radius 1 is 0.963 bits per heavy atom. The van der Waals surface area contributed by atoms with Crippen LogP contribution < -0.4 is 10.2 Å². The van der Waals surface area contributed by atoms with Gasteiger partial charge in [0.15, 0.2) is 0 Å². The summed E-state index contributed by atoms with van der Waals surface area (Å²) in [5.74, 6) is 2.12. The molecule has 0 aliphatic carbocycles. The van der Waals surface area contributed by atoms with Gasteiger partial charge in [-0.1, -0.05) is 24.3 Å². The van der Waals surface area contributed by atoms with Crippen LogP contribution in [0.2, 0.25) is 0 Å². The summed E-state index contributed by atoms with van der Waals surface area (Å²) < 4.78 is 0. The first-order valence-electron chi connectivity index (χ1n) is 9.92. The highest BCUT2D eigenvalue weighted by atomic mass is 35.5. The molecule has 6 heteroatoms. The number of benzene rings is 1. The van der Waals surface area contributed by atoms with Crippen LogP contribution in [-0.4, -0.2) is 55.7 Å². The number of pyridine rings is 1. The largest absolute Gasteiger partial charge is 0.354 e. The molecule has 2 aliphatic heterocycles. The molecule has 1 aromatic carbocycles. The third-order valence-electron chi connectivity index (χ3n) is 5.87. The molecule has 2 saturated heterocycles. The van der Waals surface area contributed by atoms with Crippen LogP contribution in [0.5, 0.6) is 0 Å². The standard InChI is InChI=1S/C21H30N4.2ClH/c1-2-6-20-19(5-1)9-12-23-21(20)25-16-14-24(15-17-25)13-3-4-18-7-10-22-11-8-18;;/h1-2,5-6,9,12,18,22H,3-4,7-8,10-11,13-17H2;2*1H. The van der Waals surface area contributed by atoms with E-state index in [1.807, 2.05) is 6.20 Å². The molecule has 0 radical (unpaired) electrons. The van der Waals surface area contributed by atoms with Crippen molar-refractivity contribution in [3.05, 3.63) is 36.5 Å². The van der Waals surface area contributed by atoms with Crippen molar-refractivity contribution < 1.29 is 0 Å². The van der Waals surface area contributed by atoms with E-state index < -0.39 is 0 Å². The number of rotatable bonds is 5. The number of aromatic nitrogens is 1. The molecule has 2 aromatic rings. The first-order chi connectivity index (χ1) is 12.4. The second kappa shape index (κ2) is 11.1. The van der Waals surface area contributed by atoms with Crippen LogP contribution in [0.25, 0.3) is 10.8 Å². The Morgan fingerprint density at radius 2 is 1.70 bits per heavy atom. The Kier molecular flexibility index (Phi) is 9.10. The zero-order chi connectivity index (χ0) is 16.9. The van der Waals surface area contributed by atoms with Crippen molar-refractivity contribution in [3.63, 3.8) is 0 Å². The number of nitrogens with one attached hydrogen (secondary N) is 1. The van der Waals surface area contributed by atoms with E-state index in [0.717, 1.165) is 37.9 Å². The van der Waals surface area contributed by atoms with Crippen LogP contribution in [0.15, 0.2) is 36.5 Å². The molecule has 0 bridgehead atoms. The van der Waals surface area contributed by atoms with Crippen molar-refractivity contribution in [3.8, 4) is 0 Å². The number of halogens is 2. The average Bonchev–Trinajstić information content (AvgIpc) is 2.69. The second-order valence-electron chi connectivity index (χ2n) is 7.52. The lowest BCUT2D eigenvalue weighted by Gasteiger charge is -2.36. The van der Waals surface area contributed by atoms with Crippen LogP contribution in [0, 0.1) is 5.92 Å². The highest BCUT2D eigenvalue weighted by Gasteiger charge is 2.20. The molecule has 0 unspecified atom stereocenters. The number of anilines is 1. The Balaban J connectivity index is 0.00000131. The topological polar surface area (TPSA) is 31.4 Å². The van der Waals surface area contributed by atoms with Gasteiger partial charge in [0.2, 0.25) is 0 Å². The van der Waals surface area contributed by atoms with Crippen molar-refractivity contribution >= 4 is 41.4 Å². The maximum atomic E-state index is 4.68. The number of hydrogen-bond acceptors (Lipinski definition) is 4. The number of piperidine rings is 1. The molecule has 0 amide bonds. The smallest absolute Gasteiger partial charge is 0.136 e. The van der Waals surface area contributed by atoms with Gasteiger partial charge in [0, 0.05) is 37.8 Å². The quantitative estimate of drug-likeness (QED) is 0.807. The normalized spacial score (nSPS) is 18.7. The lowest BCUT2D eigenvalue weighted by molar-refractivity contribution is 0.239. The molecule has 3 heterocycles. The highest BCUT2D eigenvalue weighted by molar-refractivity contribution is 5.92. The molecule has 2 fully saturated rings. The minimum Gasteiger partial charge on any atom is -0.354 e. The van der Waals surface area contributed by atoms with Crippen molar-refractivity contribution in [2.45, 2.75) is 25.7 Å². The summed E-state index contributed by atoms with van der Waals surface area (Å²) in [6.07, 6.45) is 7.47. The maximum Gasteiger partial charge on any atom is 0.136 e. The van der Waals surface area contributed by atoms with E-state index in [0.29, 0.717) is 0 Å². The van der Waals surface area contributed by atoms with Crippen molar-refractivity contribution in [1.29, 1.82) is 0 Å². The predicted octanol–water partition coefficient (Wildman–Crippen LogP) is 3.98. The first-order valence-corrected chi connectivity index (χ1v) is 9.92. The molecule has 0 atom stereocenters. The fourth-order valence-electron chi connectivity index (χ4n) is 4.31. The Hall–Kier alpha value is -1.07. The molecule has 2 aliphatic rings. The third-order valence-corrected chi connectivity index (χ3v) is 5.87. The number of nitrogens with zero attached hydrogens (tertiary/aromatic N) is 3. The van der Waals surface area contributed by atoms with Gasteiger partial charge in [0.1, 0.15) is 5.82 Å². The van der Waals surface area contributed by atoms with Gasteiger partial charge in [0.25, 0.3) is 0 Å². The van der Waals surface area contributed by atoms with Gasteiger partial charge < -0.3 is 10.2 Å². The summed E-state index contributed by atoms with van der Waals surface area (Å²) >= 11 is 0. The monoisotopic (exact) mass is 410 g/mol. The molecular formula is C21H32Cl2N4. The molecule has 4 nitrogen and oxygen atoms in total. The SMILES string of the molecule is Cl.Cl.c1ccc2c(N3CCN(CCCC4CCNCC4)CC3)nccc2c1. The average molecular weight is 411 g/mol. The lowest BCUT2D eigenvalue weighted by atomic mass is 9.93. The summed E-state index contributed by atoms with van der Waals surface area (Å²) in [5, 5.41) is 6.04. The fourth-order valence-corrected chi connectivity index (χ4v) is 4.31. The van der Waals surface area contributed by atoms with E-state index in [9.17, 15) is 0 Å². The zero-order valence-corrected chi connectivity index (χ0v) is 17.6. The van der Waals surface area contributed by atoms with Crippen LogP contribution in [-0.2, 0) is 0 Å². The van der Waals surface area contributed by atoms with E-state index in [1.165, 1.54) is 56.1 Å². The van der Waals surface area contributed by atoms with Gasteiger partial charge in [-0.2, -0.15) is 0 Å². The highest BCUT2D eigenvalue weighted by Crippen LogP contribution is 2.25. The van der Waals surface area contributed by atoms with Crippen molar-refractivity contribution in [2.24, 2.45) is 5.92 Å². The molecule has 1 N–H and O–H groups in total. The molecule has 4 rings (SSSR count). The summed E-state index contributed by atoms with van der Waals surface area (Å²) in [6, 6.07) is 10.7. The van der Waals surface area contributed by atoms with Crippen LogP contribution in [0.4, 0.5) is 5.82 Å². The maximum absolute atomic E-state index is 4.68. The Morgan fingerprint density at radius 3 is 2.48 bits per heavy atom. The molecule has 1 aromatic heterocycles. The summed E-state index contributed by atoms with van der Waals surface area (Å²) in [6.45, 7) is 8.22. The minimum absolute atomic E-state index is 0. The lowest BCUT2D eigenvalue weighted by Crippen LogP contribution is -2.47. The van der Waals surface area contributed by atoms with E-state index in [4.69, 9.17) is 0 Å². The molecule has 0 spiro atoms. The number of fused-ring (bicyclic) bond motifs is 1. The van der Waals surface area contributed by atoms with Gasteiger partial charge >= 0.3 is 0 Å². The molecule has 0 saturated carbocycles. The minimum atomic E-state index is 0. The van der Waals surface area contributed by atoms with Gasteiger partial charge in [0.05, 0.1) is 0 Å². The summed E-state index contributed by atoms with van der Waals surface area (Å²) in [7, 11) is 0. The van der Waals surface area contributed by atoms with E-state index in [-0.39, 0.29) is 24.8 Å². The summed E-state index contributed by atoms with van der Waals surface area (Å²) in [4.78, 5) is 9.79. The summed E-state index contributed by atoms with van der Waals surface area (Å²) in [5.41, 5.74) is 0. The Bertz CT molecular complexity index is 677. The van der Waals surface area contributed by atoms with Gasteiger partial charge in [-0.15, -0.1) is 24.8 Å². The van der Waals surface area contributed by atoms with E-state index in [2.05, 4.69) is 50.4 Å². The zero-order valence-electron chi connectivity index (χ0n) is 16.0.